The number of fused-ring (bicyclic) bond motifs is 1. The van der Waals surface area contributed by atoms with Crippen LogP contribution < -0.4 is 5.56 Å². The number of halogens is 1. The van der Waals surface area contributed by atoms with Crippen LogP contribution in [0.4, 0.5) is 0 Å². The Balaban J connectivity index is 2.47. The van der Waals surface area contributed by atoms with Gasteiger partial charge in [0.15, 0.2) is 0 Å². The van der Waals surface area contributed by atoms with E-state index in [1.165, 1.54) is 0 Å². The molecule has 0 amide bonds. The highest BCUT2D eigenvalue weighted by Crippen LogP contribution is 2.23. The number of H-pyrrole nitrogens is 1. The zero-order chi connectivity index (χ0) is 15.1. The highest BCUT2D eigenvalue weighted by atomic mass is 79.9. The minimum atomic E-state index is -0.0226. The van der Waals surface area contributed by atoms with E-state index in [1.54, 1.807) is 4.57 Å². The number of para-hydroxylation sites is 1. The van der Waals surface area contributed by atoms with E-state index >= 15 is 0 Å². The van der Waals surface area contributed by atoms with Crippen molar-refractivity contribution in [3.8, 4) is 5.69 Å². The number of rotatable bonds is 2. The number of aromatic amines is 1. The third-order valence-electron chi connectivity index (χ3n) is 3.81. The van der Waals surface area contributed by atoms with Gasteiger partial charge in [0.1, 0.15) is 11.5 Å². The summed E-state index contributed by atoms with van der Waals surface area (Å²) in [7, 11) is 0. The molecular weight excluding hydrogens is 330 g/mol. The van der Waals surface area contributed by atoms with Crippen LogP contribution in [0.3, 0.4) is 0 Å². The van der Waals surface area contributed by atoms with Crippen LogP contribution in [0.15, 0.2) is 33.5 Å². The second kappa shape index (κ2) is 5.15. The summed E-state index contributed by atoms with van der Waals surface area (Å²) < 4.78 is 2.58. The second-order valence-corrected chi connectivity index (χ2v) is 5.93. The van der Waals surface area contributed by atoms with Crippen LogP contribution in [0, 0.1) is 13.8 Å². The highest BCUT2D eigenvalue weighted by Gasteiger charge is 2.17. The third kappa shape index (κ3) is 2.12. The van der Waals surface area contributed by atoms with Crippen LogP contribution >= 0.6 is 15.9 Å². The lowest BCUT2D eigenvalue weighted by molar-refractivity contribution is 0.828. The molecule has 3 aromatic rings. The topological polar surface area (TPSA) is 50.7 Å². The van der Waals surface area contributed by atoms with E-state index in [0.29, 0.717) is 17.5 Å². The van der Waals surface area contributed by atoms with Gasteiger partial charge in [0.05, 0.1) is 11.1 Å². The predicted octanol–water partition coefficient (Wildman–Crippen LogP) is 3.66. The molecule has 0 fully saturated rings. The molecule has 108 valence electrons. The van der Waals surface area contributed by atoms with Gasteiger partial charge in [0.2, 0.25) is 0 Å². The largest absolute Gasteiger partial charge is 0.343 e. The monoisotopic (exact) mass is 345 g/mol. The van der Waals surface area contributed by atoms with Crippen LogP contribution in [-0.2, 0) is 6.42 Å². The van der Waals surface area contributed by atoms with E-state index in [9.17, 15) is 4.79 Å². The van der Waals surface area contributed by atoms with Gasteiger partial charge in [-0.1, -0.05) is 19.1 Å². The minimum Gasteiger partial charge on any atom is -0.343 e. The molecule has 1 aromatic carbocycles. The Bertz CT molecular complexity index is 892. The second-order valence-electron chi connectivity index (χ2n) is 5.07. The molecule has 4 nitrogen and oxygen atoms in total. The summed E-state index contributed by atoms with van der Waals surface area (Å²) in [5.41, 5.74) is 3.43. The van der Waals surface area contributed by atoms with E-state index in [1.807, 2.05) is 45.0 Å². The number of benzene rings is 1. The Morgan fingerprint density at radius 2 is 2.00 bits per heavy atom. The van der Waals surface area contributed by atoms with Crippen LogP contribution in [0.25, 0.3) is 16.7 Å². The fourth-order valence-electron chi connectivity index (χ4n) is 2.57. The first-order valence-corrected chi connectivity index (χ1v) is 7.69. The van der Waals surface area contributed by atoms with Gasteiger partial charge in [-0.25, -0.2) is 4.98 Å². The summed E-state index contributed by atoms with van der Waals surface area (Å²) in [4.78, 5) is 20.8. The van der Waals surface area contributed by atoms with Gasteiger partial charge in [-0.15, -0.1) is 0 Å². The van der Waals surface area contributed by atoms with Crippen molar-refractivity contribution in [1.82, 2.24) is 14.5 Å². The average Bonchev–Trinajstić information content (AvgIpc) is 2.75. The molecule has 0 aliphatic heterocycles. The molecule has 21 heavy (non-hydrogen) atoms. The summed E-state index contributed by atoms with van der Waals surface area (Å²) in [5.74, 6) is 0.751. The molecule has 0 atom stereocenters. The van der Waals surface area contributed by atoms with Crippen LogP contribution in [-0.4, -0.2) is 14.5 Å². The first-order valence-electron chi connectivity index (χ1n) is 6.90. The lowest BCUT2D eigenvalue weighted by Gasteiger charge is -2.12. The Morgan fingerprint density at radius 3 is 2.67 bits per heavy atom. The summed E-state index contributed by atoms with van der Waals surface area (Å²) in [6, 6.07) is 7.71. The van der Waals surface area contributed by atoms with Gasteiger partial charge in [0, 0.05) is 16.6 Å². The molecule has 0 aliphatic rings. The predicted molar refractivity (Wildman–Crippen MR) is 88.2 cm³/mol. The maximum atomic E-state index is 13.0. The molecule has 1 N–H and O–H groups in total. The number of nitrogens with one attached hydrogen (secondary N) is 1. The molecule has 2 aromatic heterocycles. The SMILES string of the molecule is CCc1nc2[nH]c(C)c(C)c2c(=O)n1-c1ccccc1Br. The summed E-state index contributed by atoms with van der Waals surface area (Å²) in [6.45, 7) is 5.92. The molecule has 0 spiro atoms. The van der Waals surface area contributed by atoms with Gasteiger partial charge in [-0.3, -0.25) is 9.36 Å². The van der Waals surface area contributed by atoms with Crippen LogP contribution in [0.1, 0.15) is 24.0 Å². The van der Waals surface area contributed by atoms with E-state index in [0.717, 1.165) is 27.2 Å². The van der Waals surface area contributed by atoms with Gasteiger partial charge in [-0.2, -0.15) is 0 Å². The van der Waals surface area contributed by atoms with Crippen molar-refractivity contribution in [2.24, 2.45) is 0 Å². The van der Waals surface area contributed by atoms with Gasteiger partial charge in [-0.05, 0) is 47.5 Å². The lowest BCUT2D eigenvalue weighted by atomic mass is 10.2. The van der Waals surface area contributed by atoms with E-state index in [2.05, 4.69) is 25.9 Å². The maximum Gasteiger partial charge on any atom is 0.267 e. The van der Waals surface area contributed by atoms with Crippen molar-refractivity contribution in [3.63, 3.8) is 0 Å². The Kier molecular flexibility index (Phi) is 3.45. The standard InChI is InChI=1S/C16H16BrN3O/c1-4-13-19-15-14(9(2)10(3)18-15)16(21)20(13)12-8-6-5-7-11(12)17/h5-8,18H,4H2,1-3H3. The van der Waals surface area contributed by atoms with Gasteiger partial charge < -0.3 is 4.98 Å². The Morgan fingerprint density at radius 1 is 1.29 bits per heavy atom. The van der Waals surface area contributed by atoms with E-state index in [-0.39, 0.29) is 5.56 Å². The number of nitrogens with zero attached hydrogens (tertiary/aromatic N) is 2. The quantitative estimate of drug-likeness (QED) is 0.770. The van der Waals surface area contributed by atoms with Crippen molar-refractivity contribution >= 4 is 27.0 Å². The molecule has 0 saturated heterocycles. The summed E-state index contributed by atoms with van der Waals surface area (Å²) in [6.07, 6.45) is 0.684. The molecule has 2 heterocycles. The van der Waals surface area contributed by atoms with Crippen molar-refractivity contribution in [1.29, 1.82) is 0 Å². The van der Waals surface area contributed by atoms with Crippen molar-refractivity contribution in [3.05, 3.63) is 56.2 Å². The normalized spacial score (nSPS) is 11.2. The zero-order valence-corrected chi connectivity index (χ0v) is 13.8. The summed E-state index contributed by atoms with van der Waals surface area (Å²) >= 11 is 3.52. The molecule has 5 heteroatoms. The third-order valence-corrected chi connectivity index (χ3v) is 4.48. The van der Waals surface area contributed by atoms with Crippen LogP contribution in [0.5, 0.6) is 0 Å². The fraction of sp³-hybridized carbons (Fsp3) is 0.250. The Labute approximate surface area is 131 Å². The first kappa shape index (κ1) is 14.1. The highest BCUT2D eigenvalue weighted by molar-refractivity contribution is 9.10. The molecule has 0 bridgehead atoms. The maximum absolute atomic E-state index is 13.0. The molecule has 0 unspecified atom stereocenters. The van der Waals surface area contributed by atoms with Crippen LogP contribution in [0.2, 0.25) is 0 Å². The first-order chi connectivity index (χ1) is 10.0. The fourth-order valence-corrected chi connectivity index (χ4v) is 3.03. The zero-order valence-electron chi connectivity index (χ0n) is 12.2. The van der Waals surface area contributed by atoms with Crippen molar-refractivity contribution in [2.45, 2.75) is 27.2 Å². The average molecular weight is 346 g/mol. The number of aryl methyl sites for hydroxylation is 3. The summed E-state index contributed by atoms with van der Waals surface area (Å²) in [5, 5.41) is 0.667. The number of hydrogen-bond acceptors (Lipinski definition) is 2. The molecular formula is C16H16BrN3O. The van der Waals surface area contributed by atoms with E-state index < -0.39 is 0 Å². The number of aromatic nitrogens is 3. The van der Waals surface area contributed by atoms with Gasteiger partial charge >= 0.3 is 0 Å². The minimum absolute atomic E-state index is 0.0226. The van der Waals surface area contributed by atoms with Crippen molar-refractivity contribution in [2.75, 3.05) is 0 Å². The number of hydrogen-bond donors (Lipinski definition) is 1. The van der Waals surface area contributed by atoms with Crippen molar-refractivity contribution < 1.29 is 0 Å². The molecule has 0 saturated carbocycles. The Hall–Kier alpha value is -1.88. The molecule has 0 radical (unpaired) electrons. The lowest BCUT2D eigenvalue weighted by Crippen LogP contribution is -2.24. The van der Waals surface area contributed by atoms with E-state index in [4.69, 9.17) is 0 Å². The van der Waals surface area contributed by atoms with Gasteiger partial charge in [0.25, 0.3) is 5.56 Å². The smallest absolute Gasteiger partial charge is 0.267 e. The molecule has 0 aliphatic carbocycles. The molecule has 3 rings (SSSR count).